The Morgan fingerprint density at radius 1 is 1.36 bits per heavy atom. The molecule has 0 aliphatic carbocycles. The third-order valence-electron chi connectivity index (χ3n) is 4.17. The van der Waals surface area contributed by atoms with E-state index in [0.717, 1.165) is 11.4 Å². The smallest absolute Gasteiger partial charge is 0.246 e. The zero-order valence-corrected chi connectivity index (χ0v) is 14.5. The number of nitrogen functional groups attached to an aromatic ring is 1. The van der Waals surface area contributed by atoms with Gasteiger partial charge in [-0.05, 0) is 44.2 Å². The van der Waals surface area contributed by atoms with Gasteiger partial charge in [0.15, 0.2) is 0 Å². The van der Waals surface area contributed by atoms with Gasteiger partial charge in [0.25, 0.3) is 0 Å². The number of carbonyl (C=O) groups is 1. The summed E-state index contributed by atoms with van der Waals surface area (Å²) in [4.78, 5) is 14.8. The van der Waals surface area contributed by atoms with E-state index in [2.05, 4.69) is 5.32 Å². The Hall–Kier alpha value is -2.89. The lowest BCUT2D eigenvalue weighted by atomic mass is 10.1. The van der Waals surface area contributed by atoms with E-state index in [0.29, 0.717) is 36.9 Å². The summed E-state index contributed by atoms with van der Waals surface area (Å²) in [5.74, 6) is 1.30. The SMILES string of the molecule is CCOc1ccccc1NC(=O)C(C)N1CCOc2ccc(N)cc21. The fourth-order valence-electron chi connectivity index (χ4n) is 2.89. The summed E-state index contributed by atoms with van der Waals surface area (Å²) in [6.45, 7) is 5.48. The van der Waals surface area contributed by atoms with Crippen LogP contribution in [0, 0.1) is 0 Å². The van der Waals surface area contributed by atoms with Crippen LogP contribution in [-0.4, -0.2) is 31.7 Å². The highest BCUT2D eigenvalue weighted by Gasteiger charge is 2.27. The number of carbonyl (C=O) groups excluding carboxylic acids is 1. The summed E-state index contributed by atoms with van der Waals surface area (Å²) >= 11 is 0. The van der Waals surface area contributed by atoms with Crippen molar-refractivity contribution in [3.8, 4) is 11.5 Å². The maximum Gasteiger partial charge on any atom is 0.246 e. The fraction of sp³-hybridized carbons (Fsp3) is 0.316. The van der Waals surface area contributed by atoms with Crippen molar-refractivity contribution in [1.82, 2.24) is 0 Å². The lowest BCUT2D eigenvalue weighted by Crippen LogP contribution is -2.46. The second-order valence-corrected chi connectivity index (χ2v) is 5.86. The molecule has 6 nitrogen and oxygen atoms in total. The Morgan fingerprint density at radius 2 is 2.16 bits per heavy atom. The lowest BCUT2D eigenvalue weighted by molar-refractivity contribution is -0.117. The molecule has 1 heterocycles. The third kappa shape index (κ3) is 3.63. The van der Waals surface area contributed by atoms with Crippen molar-refractivity contribution in [2.75, 3.05) is 35.7 Å². The molecule has 2 aromatic rings. The van der Waals surface area contributed by atoms with Crippen molar-refractivity contribution in [1.29, 1.82) is 0 Å². The van der Waals surface area contributed by atoms with Gasteiger partial charge in [0.2, 0.25) is 5.91 Å². The minimum Gasteiger partial charge on any atom is -0.492 e. The summed E-state index contributed by atoms with van der Waals surface area (Å²) in [5.41, 5.74) is 8.05. The van der Waals surface area contributed by atoms with Gasteiger partial charge in [-0.15, -0.1) is 0 Å². The Balaban J connectivity index is 1.79. The minimum absolute atomic E-state index is 0.109. The number of anilines is 3. The number of hydrogen-bond donors (Lipinski definition) is 2. The van der Waals surface area contributed by atoms with E-state index in [4.69, 9.17) is 15.2 Å². The van der Waals surface area contributed by atoms with Crippen LogP contribution in [-0.2, 0) is 4.79 Å². The van der Waals surface area contributed by atoms with E-state index in [1.165, 1.54) is 0 Å². The summed E-state index contributed by atoms with van der Waals surface area (Å²) in [5, 5.41) is 2.96. The number of benzene rings is 2. The highest BCUT2D eigenvalue weighted by atomic mass is 16.5. The molecule has 0 spiro atoms. The number of rotatable bonds is 5. The average molecular weight is 341 g/mol. The molecular weight excluding hydrogens is 318 g/mol. The van der Waals surface area contributed by atoms with Gasteiger partial charge in [0, 0.05) is 5.69 Å². The maximum atomic E-state index is 12.8. The number of nitrogens with two attached hydrogens (primary N) is 1. The molecular formula is C19H23N3O3. The van der Waals surface area contributed by atoms with E-state index < -0.39 is 0 Å². The molecule has 0 aromatic heterocycles. The van der Waals surface area contributed by atoms with Crippen LogP contribution in [0.25, 0.3) is 0 Å². The molecule has 1 aliphatic rings. The van der Waals surface area contributed by atoms with Crippen molar-refractivity contribution in [2.24, 2.45) is 0 Å². The molecule has 1 unspecified atom stereocenters. The van der Waals surface area contributed by atoms with Crippen LogP contribution in [0.4, 0.5) is 17.1 Å². The van der Waals surface area contributed by atoms with Crippen molar-refractivity contribution < 1.29 is 14.3 Å². The Bertz CT molecular complexity index is 763. The molecule has 1 atom stereocenters. The van der Waals surface area contributed by atoms with Gasteiger partial charge in [-0.3, -0.25) is 4.79 Å². The number of amides is 1. The standard InChI is InChI=1S/C19H23N3O3/c1-3-24-17-7-5-4-6-15(17)21-19(23)13(2)22-10-11-25-18-9-8-14(20)12-16(18)22/h4-9,12-13H,3,10-11,20H2,1-2H3,(H,21,23). The highest BCUT2D eigenvalue weighted by Crippen LogP contribution is 2.35. The Morgan fingerprint density at radius 3 is 2.96 bits per heavy atom. The van der Waals surface area contributed by atoms with E-state index >= 15 is 0 Å². The molecule has 3 rings (SSSR count). The molecule has 0 radical (unpaired) electrons. The van der Waals surface area contributed by atoms with Gasteiger partial charge in [0.05, 0.1) is 24.5 Å². The van der Waals surface area contributed by atoms with Gasteiger partial charge < -0.3 is 25.4 Å². The molecule has 25 heavy (non-hydrogen) atoms. The van der Waals surface area contributed by atoms with Gasteiger partial charge in [0.1, 0.15) is 24.1 Å². The van der Waals surface area contributed by atoms with Crippen molar-refractivity contribution in [2.45, 2.75) is 19.9 Å². The second-order valence-electron chi connectivity index (χ2n) is 5.86. The van der Waals surface area contributed by atoms with E-state index in [1.807, 2.05) is 55.1 Å². The normalized spacial score (nSPS) is 14.2. The van der Waals surface area contributed by atoms with Crippen LogP contribution in [0.5, 0.6) is 11.5 Å². The number of fused-ring (bicyclic) bond motifs is 1. The zero-order chi connectivity index (χ0) is 17.8. The molecule has 3 N–H and O–H groups in total. The van der Waals surface area contributed by atoms with Crippen LogP contribution in [0.1, 0.15) is 13.8 Å². The van der Waals surface area contributed by atoms with Crippen LogP contribution in [0.2, 0.25) is 0 Å². The summed E-state index contributed by atoms with van der Waals surface area (Å²) in [6, 6.07) is 12.5. The largest absolute Gasteiger partial charge is 0.492 e. The van der Waals surface area contributed by atoms with Gasteiger partial charge >= 0.3 is 0 Å². The minimum atomic E-state index is -0.376. The fourth-order valence-corrected chi connectivity index (χ4v) is 2.89. The molecule has 132 valence electrons. The Kier molecular flexibility index (Phi) is 4.97. The first kappa shape index (κ1) is 17.0. The van der Waals surface area contributed by atoms with Gasteiger partial charge in [-0.2, -0.15) is 0 Å². The average Bonchev–Trinajstić information content (AvgIpc) is 2.62. The molecule has 0 saturated heterocycles. The van der Waals surface area contributed by atoms with Crippen molar-refractivity contribution in [3.63, 3.8) is 0 Å². The van der Waals surface area contributed by atoms with E-state index in [9.17, 15) is 4.79 Å². The first-order chi connectivity index (χ1) is 12.1. The molecule has 0 bridgehead atoms. The molecule has 6 heteroatoms. The van der Waals surface area contributed by atoms with Gasteiger partial charge in [-0.1, -0.05) is 12.1 Å². The predicted molar refractivity (Wildman–Crippen MR) is 99.4 cm³/mol. The topological polar surface area (TPSA) is 76.8 Å². The molecule has 1 aliphatic heterocycles. The first-order valence-corrected chi connectivity index (χ1v) is 8.41. The van der Waals surface area contributed by atoms with E-state index in [-0.39, 0.29) is 11.9 Å². The lowest BCUT2D eigenvalue weighted by Gasteiger charge is -2.35. The zero-order valence-electron chi connectivity index (χ0n) is 14.5. The number of para-hydroxylation sites is 2. The van der Waals surface area contributed by atoms with Gasteiger partial charge in [-0.25, -0.2) is 0 Å². The van der Waals surface area contributed by atoms with Crippen molar-refractivity contribution >= 4 is 23.0 Å². The molecule has 1 amide bonds. The number of nitrogens with one attached hydrogen (secondary N) is 1. The monoisotopic (exact) mass is 341 g/mol. The van der Waals surface area contributed by atoms with E-state index in [1.54, 1.807) is 6.07 Å². The number of ether oxygens (including phenoxy) is 2. The number of nitrogens with zero attached hydrogens (tertiary/aromatic N) is 1. The summed E-state index contributed by atoms with van der Waals surface area (Å²) < 4.78 is 11.2. The van der Waals surface area contributed by atoms with Crippen LogP contribution >= 0.6 is 0 Å². The first-order valence-electron chi connectivity index (χ1n) is 8.41. The predicted octanol–water partition coefficient (Wildman–Crippen LogP) is 2.89. The van der Waals surface area contributed by atoms with Crippen molar-refractivity contribution in [3.05, 3.63) is 42.5 Å². The maximum absolute atomic E-state index is 12.8. The van der Waals surface area contributed by atoms with Crippen LogP contribution < -0.4 is 25.4 Å². The quantitative estimate of drug-likeness (QED) is 0.818. The molecule has 2 aromatic carbocycles. The molecule has 0 saturated carbocycles. The van der Waals surface area contributed by atoms with Crippen LogP contribution in [0.3, 0.4) is 0 Å². The number of hydrogen-bond acceptors (Lipinski definition) is 5. The third-order valence-corrected chi connectivity index (χ3v) is 4.17. The van der Waals surface area contributed by atoms with Crippen LogP contribution in [0.15, 0.2) is 42.5 Å². The highest BCUT2D eigenvalue weighted by molar-refractivity contribution is 5.98. The Labute approximate surface area is 147 Å². The second kappa shape index (κ2) is 7.34. The summed E-state index contributed by atoms with van der Waals surface area (Å²) in [7, 11) is 0. The molecule has 0 fully saturated rings. The summed E-state index contributed by atoms with van der Waals surface area (Å²) in [6.07, 6.45) is 0.